The van der Waals surface area contributed by atoms with Crippen LogP contribution in [0.1, 0.15) is 10.4 Å². The van der Waals surface area contributed by atoms with Crippen molar-refractivity contribution in [1.29, 1.82) is 5.41 Å². The van der Waals surface area contributed by atoms with E-state index in [0.29, 0.717) is 37.2 Å². The Bertz CT molecular complexity index is 2450. The van der Waals surface area contributed by atoms with E-state index in [1.165, 1.54) is 42.1 Å². The number of primary amides is 1. The number of thiophene rings is 1. The lowest BCUT2D eigenvalue weighted by Crippen LogP contribution is -2.21. The predicted molar refractivity (Wildman–Crippen MR) is 205 cm³/mol. The summed E-state index contributed by atoms with van der Waals surface area (Å²) in [6.45, 7) is 1.80. The van der Waals surface area contributed by atoms with Crippen molar-refractivity contribution in [3.8, 4) is 11.1 Å². The van der Waals surface area contributed by atoms with Crippen LogP contribution in [0, 0.1) is 12.3 Å². The van der Waals surface area contributed by atoms with Gasteiger partial charge in [0.05, 0.1) is 29.5 Å². The fourth-order valence-corrected chi connectivity index (χ4v) is 10.9. The minimum absolute atomic E-state index is 0.0697. The van der Waals surface area contributed by atoms with E-state index in [1.807, 2.05) is 0 Å². The van der Waals surface area contributed by atoms with Crippen LogP contribution in [0.15, 0.2) is 94.4 Å². The highest BCUT2D eigenvalue weighted by molar-refractivity contribution is 8.05. The number of carbonyl (C=O) groups excluding carboxylic acids is 1. The molecule has 0 aliphatic carbocycles. The molecule has 2 amide bonds. The Labute approximate surface area is 333 Å². The number of nitrogens with one attached hydrogen (secondary N) is 2. The molecular formula is C31H31F6N9O8S4. The third kappa shape index (κ3) is 13.0. The van der Waals surface area contributed by atoms with Gasteiger partial charge >= 0.3 is 30.3 Å². The number of carboxylic acids is 2. The van der Waals surface area contributed by atoms with Crippen LogP contribution in [0.25, 0.3) is 11.1 Å². The number of guanidine groups is 1. The second kappa shape index (κ2) is 18.9. The number of carbonyl (C=O) groups is 3. The number of nitrogens with two attached hydrogens (primary N) is 5. The number of aliphatic carboxylic acids is 2. The molecule has 1 atom stereocenters. The Morgan fingerprint density at radius 3 is 1.84 bits per heavy atom. The number of rotatable bonds is 9. The zero-order chi connectivity index (χ0) is 44.6. The van der Waals surface area contributed by atoms with Gasteiger partial charge in [-0.25, -0.2) is 23.6 Å². The number of aliphatic imine (C=N–C) groups is 1. The summed E-state index contributed by atoms with van der Waals surface area (Å²) in [5.41, 5.74) is 31.1. The van der Waals surface area contributed by atoms with Crippen molar-refractivity contribution < 1.29 is 63.6 Å². The van der Waals surface area contributed by atoms with E-state index in [1.54, 1.807) is 43.5 Å². The van der Waals surface area contributed by atoms with Crippen LogP contribution in [0.4, 0.5) is 48.2 Å². The Hall–Kier alpha value is -6.06. The SMILES string of the molecule is CSc1sc(C(=N)N)cc1S(=O)(=NS(=O)(=O)c1cccc(NC(N)=O)c1)c1cccc(-c2c(C)cc(N=C(N)N)cc2N)c1.O=C(O)C(F)(F)F.O=C(O)C(F)(F)F. The Morgan fingerprint density at radius 1 is 0.845 bits per heavy atom. The molecule has 0 saturated heterocycles. The molecule has 14 N–H and O–H groups in total. The number of nitrogens with zero attached hydrogens (tertiary/aromatic N) is 2. The number of hydrogen-bond acceptors (Lipinski definition) is 11. The highest BCUT2D eigenvalue weighted by atomic mass is 32.3. The maximum absolute atomic E-state index is 15.2. The summed E-state index contributed by atoms with van der Waals surface area (Å²) >= 11 is 2.31. The van der Waals surface area contributed by atoms with Crippen molar-refractivity contribution in [2.75, 3.05) is 17.3 Å². The van der Waals surface area contributed by atoms with Crippen LogP contribution in [0.5, 0.6) is 0 Å². The number of alkyl halides is 6. The molecule has 0 radical (unpaired) electrons. The van der Waals surface area contributed by atoms with Gasteiger partial charge in [0.15, 0.2) is 5.96 Å². The Balaban J connectivity index is 0.000000707. The number of halogens is 6. The fraction of sp³-hybridized carbons (Fsp3) is 0.129. The zero-order valence-electron chi connectivity index (χ0n) is 29.4. The lowest BCUT2D eigenvalue weighted by atomic mass is 9.98. The predicted octanol–water partition coefficient (Wildman–Crippen LogP) is 5.25. The molecule has 0 fully saturated rings. The van der Waals surface area contributed by atoms with Gasteiger partial charge in [-0.2, -0.15) is 34.8 Å². The zero-order valence-corrected chi connectivity index (χ0v) is 32.6. The average Bonchev–Trinajstić information content (AvgIpc) is 3.53. The molecule has 0 bridgehead atoms. The summed E-state index contributed by atoms with van der Waals surface area (Å²) in [5, 5.41) is 24.5. The normalized spacial score (nSPS) is 12.3. The number of sulfonamides is 1. The van der Waals surface area contributed by atoms with E-state index in [9.17, 15) is 39.6 Å². The first-order valence-electron chi connectivity index (χ1n) is 15.0. The monoisotopic (exact) mass is 899 g/mol. The summed E-state index contributed by atoms with van der Waals surface area (Å²) < 4.78 is 111. The van der Waals surface area contributed by atoms with Gasteiger partial charge in [0.25, 0.3) is 10.0 Å². The first-order chi connectivity index (χ1) is 26.5. The number of amides is 2. The second-order valence-corrected chi connectivity index (χ2v) is 17.0. The van der Waals surface area contributed by atoms with E-state index in [-0.39, 0.29) is 32.2 Å². The molecule has 0 saturated carbocycles. The van der Waals surface area contributed by atoms with Crippen molar-refractivity contribution in [3.63, 3.8) is 0 Å². The van der Waals surface area contributed by atoms with Gasteiger partial charge in [-0.05, 0) is 72.8 Å². The molecule has 3 aromatic carbocycles. The molecule has 4 aromatic rings. The summed E-state index contributed by atoms with van der Waals surface area (Å²) in [7, 11) is -8.57. The summed E-state index contributed by atoms with van der Waals surface area (Å²) in [6, 6.07) is 15.5. The standard InChI is InChI=1S/C27H29N9O4S4.2C2HF3O2/c1-14-9-17(34-26(31)32)12-20(28)23(14)15-5-3-7-18(10-15)43(38,22-13-21(24(29)30)42-25(22)41-2)36-44(39,40)19-8-4-6-16(11-19)35-27(33)37;2*3-2(4,5)1(6)7/h3-13H,28H2,1-2H3,(H3,29,30)(H4,31,32,34)(H3,33,35,37);2*(H,6,7). The average molecular weight is 900 g/mol. The van der Waals surface area contributed by atoms with Gasteiger partial charge in [-0.3, -0.25) is 5.41 Å². The molecule has 17 nitrogen and oxygen atoms in total. The van der Waals surface area contributed by atoms with Crippen molar-refractivity contribution in [2.24, 2.45) is 31.7 Å². The molecule has 0 spiro atoms. The largest absolute Gasteiger partial charge is 0.490 e. The quantitative estimate of drug-likeness (QED) is 0.0341. The van der Waals surface area contributed by atoms with Crippen LogP contribution in [0.2, 0.25) is 0 Å². The molecule has 0 aliphatic rings. The number of amidine groups is 1. The van der Waals surface area contributed by atoms with E-state index in [2.05, 4.69) is 14.1 Å². The number of urea groups is 1. The topological polar surface area (TPSA) is 334 Å². The smallest absolute Gasteiger partial charge is 0.475 e. The third-order valence-corrected chi connectivity index (χ3v) is 13.4. The second-order valence-electron chi connectivity index (χ2n) is 10.9. The minimum atomic E-state index is -5.08. The first kappa shape index (κ1) is 48.1. The van der Waals surface area contributed by atoms with E-state index in [4.69, 9.17) is 53.9 Å². The van der Waals surface area contributed by atoms with Crippen LogP contribution in [-0.2, 0) is 29.3 Å². The number of anilines is 2. The number of aryl methyl sites for hydroxylation is 1. The lowest BCUT2D eigenvalue weighted by Gasteiger charge is -2.15. The van der Waals surface area contributed by atoms with Crippen molar-refractivity contribution in [1.82, 2.24) is 0 Å². The molecule has 4 rings (SSSR count). The molecule has 1 unspecified atom stereocenters. The number of carboxylic acid groups (broad SMARTS) is 2. The maximum atomic E-state index is 15.2. The molecule has 0 aliphatic heterocycles. The summed E-state index contributed by atoms with van der Waals surface area (Å²) in [6.07, 6.45) is -8.44. The maximum Gasteiger partial charge on any atom is 0.490 e. The third-order valence-electron chi connectivity index (χ3n) is 6.55. The van der Waals surface area contributed by atoms with Gasteiger partial charge in [0.1, 0.15) is 15.6 Å². The van der Waals surface area contributed by atoms with Gasteiger partial charge in [0, 0.05) is 16.9 Å². The fourth-order valence-electron chi connectivity index (χ4n) is 4.32. The molecule has 27 heteroatoms. The Morgan fingerprint density at radius 2 is 1.38 bits per heavy atom. The van der Waals surface area contributed by atoms with Crippen molar-refractivity contribution in [3.05, 3.63) is 77.2 Å². The van der Waals surface area contributed by atoms with E-state index >= 15 is 4.21 Å². The summed E-state index contributed by atoms with van der Waals surface area (Å²) in [5.74, 6) is -5.92. The van der Waals surface area contributed by atoms with Gasteiger partial charge in [-0.1, -0.05) is 22.0 Å². The molecule has 314 valence electrons. The van der Waals surface area contributed by atoms with E-state index in [0.717, 1.165) is 17.4 Å². The number of thioether (sulfide) groups is 1. The highest BCUT2D eigenvalue weighted by Gasteiger charge is 2.39. The number of nitrogen functional groups attached to an aromatic ring is 2. The molecule has 58 heavy (non-hydrogen) atoms. The van der Waals surface area contributed by atoms with Crippen LogP contribution < -0.4 is 34.0 Å². The summed E-state index contributed by atoms with van der Waals surface area (Å²) in [4.78, 5) is 33.3. The number of benzene rings is 3. The Kier molecular flexibility index (Phi) is 15.7. The number of hydrogen-bond donors (Lipinski definition) is 9. The molecule has 1 heterocycles. The van der Waals surface area contributed by atoms with Crippen LogP contribution in [0.3, 0.4) is 0 Å². The lowest BCUT2D eigenvalue weighted by molar-refractivity contribution is -0.193. The van der Waals surface area contributed by atoms with Crippen LogP contribution in [-0.4, -0.2) is 71.2 Å². The minimum Gasteiger partial charge on any atom is -0.475 e. The van der Waals surface area contributed by atoms with Crippen LogP contribution >= 0.6 is 23.1 Å². The molecular weight excluding hydrogens is 869 g/mol. The molecule has 1 aromatic heterocycles. The van der Waals surface area contributed by atoms with Crippen molar-refractivity contribution >= 4 is 89.7 Å². The van der Waals surface area contributed by atoms with E-state index < -0.39 is 50.1 Å². The van der Waals surface area contributed by atoms with Crippen molar-refractivity contribution in [2.45, 2.75) is 38.2 Å². The van der Waals surface area contributed by atoms with Gasteiger partial charge in [-0.15, -0.1) is 23.1 Å². The van der Waals surface area contributed by atoms with Gasteiger partial charge in [0.2, 0.25) is 0 Å². The first-order valence-corrected chi connectivity index (χ1v) is 20.0. The van der Waals surface area contributed by atoms with Gasteiger partial charge < -0.3 is 44.2 Å². The highest BCUT2D eigenvalue weighted by Crippen LogP contribution is 2.41.